The molecule has 2 aromatic rings. The van der Waals surface area contributed by atoms with Crippen molar-refractivity contribution in [1.82, 2.24) is 10.0 Å². The van der Waals surface area contributed by atoms with E-state index < -0.39 is 34.0 Å². The average molecular weight is 422 g/mol. The average Bonchev–Trinajstić information content (AvgIpc) is 2.68. The quantitative estimate of drug-likeness (QED) is 0.673. The van der Waals surface area contributed by atoms with Crippen molar-refractivity contribution < 1.29 is 22.0 Å². The van der Waals surface area contributed by atoms with E-state index in [0.717, 1.165) is 25.9 Å². The third kappa shape index (κ3) is 5.68. The molecular formula is C21H24F2N2O3S. The molecule has 0 spiro atoms. The Morgan fingerprint density at radius 1 is 1.14 bits per heavy atom. The van der Waals surface area contributed by atoms with Gasteiger partial charge < -0.3 is 5.32 Å². The van der Waals surface area contributed by atoms with Gasteiger partial charge in [-0.25, -0.2) is 21.9 Å². The molecule has 0 radical (unpaired) electrons. The van der Waals surface area contributed by atoms with Crippen molar-refractivity contribution in [2.24, 2.45) is 5.92 Å². The summed E-state index contributed by atoms with van der Waals surface area (Å²) in [4.78, 5) is 12.6. The smallest absolute Gasteiger partial charge is 0.212 e. The van der Waals surface area contributed by atoms with Crippen LogP contribution in [0.1, 0.15) is 28.8 Å². The van der Waals surface area contributed by atoms with Gasteiger partial charge in [0.05, 0.1) is 17.9 Å². The SMILES string of the molecule is Cc1cc(-c2cccc(F)c2)cc(C(=O)CNS(=O)(=O)CC2CCNCC2)c1F. The van der Waals surface area contributed by atoms with Gasteiger partial charge in [-0.2, -0.15) is 0 Å². The summed E-state index contributed by atoms with van der Waals surface area (Å²) in [6.45, 7) is 2.54. The van der Waals surface area contributed by atoms with Crippen molar-refractivity contribution in [2.75, 3.05) is 25.4 Å². The van der Waals surface area contributed by atoms with Crippen molar-refractivity contribution in [2.45, 2.75) is 19.8 Å². The van der Waals surface area contributed by atoms with E-state index >= 15 is 0 Å². The summed E-state index contributed by atoms with van der Waals surface area (Å²) in [5, 5.41) is 3.17. The minimum atomic E-state index is -3.65. The second-order valence-electron chi connectivity index (χ2n) is 7.38. The second-order valence-corrected chi connectivity index (χ2v) is 9.24. The molecule has 1 fully saturated rings. The van der Waals surface area contributed by atoms with E-state index in [0.29, 0.717) is 11.1 Å². The van der Waals surface area contributed by atoms with E-state index in [1.165, 1.54) is 37.3 Å². The molecule has 5 nitrogen and oxygen atoms in total. The molecule has 8 heteroatoms. The van der Waals surface area contributed by atoms with Crippen LogP contribution < -0.4 is 10.0 Å². The number of rotatable bonds is 7. The summed E-state index contributed by atoms with van der Waals surface area (Å²) < 4.78 is 54.9. The Bertz CT molecular complexity index is 1000. The second kappa shape index (κ2) is 9.11. The largest absolute Gasteiger partial charge is 0.317 e. The minimum absolute atomic E-state index is 0.0409. The molecule has 29 heavy (non-hydrogen) atoms. The Morgan fingerprint density at radius 2 is 1.86 bits per heavy atom. The molecule has 0 amide bonds. The third-order valence-electron chi connectivity index (χ3n) is 5.08. The maximum Gasteiger partial charge on any atom is 0.212 e. The zero-order valence-electron chi connectivity index (χ0n) is 16.2. The normalized spacial score (nSPS) is 15.4. The predicted octanol–water partition coefficient (Wildman–Crippen LogP) is 3.04. The van der Waals surface area contributed by atoms with Crippen molar-refractivity contribution in [1.29, 1.82) is 0 Å². The van der Waals surface area contributed by atoms with E-state index in [4.69, 9.17) is 0 Å². The number of piperidine rings is 1. The van der Waals surface area contributed by atoms with Crippen molar-refractivity contribution in [3.8, 4) is 11.1 Å². The van der Waals surface area contributed by atoms with Crippen LogP contribution in [0, 0.1) is 24.5 Å². The molecule has 0 aliphatic carbocycles. The Labute approximate surface area is 169 Å². The van der Waals surface area contributed by atoms with Gasteiger partial charge in [-0.3, -0.25) is 4.79 Å². The van der Waals surface area contributed by atoms with Gasteiger partial charge in [-0.1, -0.05) is 12.1 Å². The highest BCUT2D eigenvalue weighted by Gasteiger charge is 2.23. The first kappa shape index (κ1) is 21.5. The van der Waals surface area contributed by atoms with E-state index in [9.17, 15) is 22.0 Å². The van der Waals surface area contributed by atoms with E-state index in [1.807, 2.05) is 0 Å². The fourth-order valence-corrected chi connectivity index (χ4v) is 4.92. The standard InChI is InChI=1S/C21H24F2N2O3S/c1-14-9-17(16-3-2-4-18(22)10-16)11-19(21(14)23)20(26)12-25-29(27,28)13-15-5-7-24-8-6-15/h2-4,9-11,15,24-25H,5-8,12-13H2,1H3. The van der Waals surface area contributed by atoms with E-state index in [1.54, 1.807) is 6.07 Å². The number of sulfonamides is 1. The fourth-order valence-electron chi connectivity index (χ4n) is 3.50. The number of ketones is 1. The molecule has 0 unspecified atom stereocenters. The number of aryl methyl sites for hydroxylation is 1. The summed E-state index contributed by atoms with van der Waals surface area (Å²) in [7, 11) is -3.65. The van der Waals surface area contributed by atoms with Crippen LogP contribution in [0.4, 0.5) is 8.78 Å². The topological polar surface area (TPSA) is 75.3 Å². The van der Waals surface area contributed by atoms with Crippen LogP contribution in [0.5, 0.6) is 0 Å². The molecule has 1 saturated heterocycles. The zero-order chi connectivity index (χ0) is 21.0. The van der Waals surface area contributed by atoms with Crippen LogP contribution in [0.15, 0.2) is 36.4 Å². The molecule has 0 bridgehead atoms. The van der Waals surface area contributed by atoms with Crippen LogP contribution in [0.2, 0.25) is 0 Å². The summed E-state index contributed by atoms with van der Waals surface area (Å²) in [5.74, 6) is -1.82. The maximum atomic E-state index is 14.5. The van der Waals surface area contributed by atoms with Gasteiger partial charge >= 0.3 is 0 Å². The summed E-state index contributed by atoms with van der Waals surface area (Å²) in [6.07, 6.45) is 1.52. The Balaban J connectivity index is 1.74. The molecule has 0 saturated carbocycles. The van der Waals surface area contributed by atoms with Gasteiger partial charge in [0.15, 0.2) is 5.78 Å². The van der Waals surface area contributed by atoms with Crippen molar-refractivity contribution >= 4 is 15.8 Å². The molecule has 1 heterocycles. The first-order chi connectivity index (χ1) is 13.7. The summed E-state index contributed by atoms with van der Waals surface area (Å²) in [6, 6.07) is 8.64. The van der Waals surface area contributed by atoms with Crippen LogP contribution in [-0.2, 0) is 10.0 Å². The number of halogens is 2. The molecule has 2 N–H and O–H groups in total. The zero-order valence-corrected chi connectivity index (χ0v) is 17.0. The lowest BCUT2D eigenvalue weighted by Crippen LogP contribution is -2.37. The first-order valence-corrected chi connectivity index (χ1v) is 11.2. The number of hydrogen-bond acceptors (Lipinski definition) is 4. The Morgan fingerprint density at radius 3 is 2.55 bits per heavy atom. The van der Waals surface area contributed by atoms with Gasteiger partial charge in [-0.15, -0.1) is 0 Å². The van der Waals surface area contributed by atoms with E-state index in [2.05, 4.69) is 10.0 Å². The fraction of sp³-hybridized carbons (Fsp3) is 0.381. The number of carbonyl (C=O) groups excluding carboxylic acids is 1. The van der Waals surface area contributed by atoms with Crippen LogP contribution in [0.3, 0.4) is 0 Å². The van der Waals surface area contributed by atoms with Gasteiger partial charge in [0.25, 0.3) is 0 Å². The van der Waals surface area contributed by atoms with Crippen LogP contribution >= 0.6 is 0 Å². The number of hydrogen-bond donors (Lipinski definition) is 2. The van der Waals surface area contributed by atoms with Crippen molar-refractivity contribution in [3.63, 3.8) is 0 Å². The number of Topliss-reactive ketones (excluding diaryl/α,β-unsaturated/α-hetero) is 1. The highest BCUT2D eigenvalue weighted by molar-refractivity contribution is 7.89. The molecule has 2 aromatic carbocycles. The molecule has 1 aliphatic heterocycles. The molecular weight excluding hydrogens is 398 g/mol. The number of nitrogens with one attached hydrogen (secondary N) is 2. The molecule has 0 aromatic heterocycles. The lowest BCUT2D eigenvalue weighted by molar-refractivity contribution is 0.0993. The number of benzene rings is 2. The minimum Gasteiger partial charge on any atom is -0.317 e. The van der Waals surface area contributed by atoms with Gasteiger partial charge in [0.2, 0.25) is 10.0 Å². The summed E-state index contributed by atoms with van der Waals surface area (Å²) >= 11 is 0. The summed E-state index contributed by atoms with van der Waals surface area (Å²) in [5.41, 5.74) is 1.01. The molecule has 0 atom stereocenters. The number of carbonyl (C=O) groups is 1. The predicted molar refractivity (Wildman–Crippen MR) is 108 cm³/mol. The molecule has 156 valence electrons. The highest BCUT2D eigenvalue weighted by atomic mass is 32.2. The van der Waals surface area contributed by atoms with Crippen LogP contribution in [-0.4, -0.2) is 39.6 Å². The Hall–Kier alpha value is -2.16. The Kier molecular flexibility index (Phi) is 6.77. The molecule has 1 aliphatic rings. The lowest BCUT2D eigenvalue weighted by atomic mass is 9.97. The lowest BCUT2D eigenvalue weighted by Gasteiger charge is -2.22. The highest BCUT2D eigenvalue weighted by Crippen LogP contribution is 2.26. The van der Waals surface area contributed by atoms with Crippen molar-refractivity contribution in [3.05, 3.63) is 59.2 Å². The van der Waals surface area contributed by atoms with Crippen LogP contribution in [0.25, 0.3) is 11.1 Å². The van der Waals surface area contributed by atoms with E-state index in [-0.39, 0.29) is 22.8 Å². The van der Waals surface area contributed by atoms with Gasteiger partial charge in [0, 0.05) is 0 Å². The van der Waals surface area contributed by atoms with Gasteiger partial charge in [-0.05, 0) is 79.7 Å². The molecule has 3 rings (SSSR count). The first-order valence-electron chi connectivity index (χ1n) is 9.52. The monoisotopic (exact) mass is 422 g/mol. The maximum absolute atomic E-state index is 14.5. The van der Waals surface area contributed by atoms with Gasteiger partial charge in [0.1, 0.15) is 11.6 Å². The third-order valence-corrected chi connectivity index (χ3v) is 6.57.